The molecule has 178 valence electrons. The minimum Gasteiger partial charge on any atom is -0.354 e. The standard InChI is InChI=1S/C28H35N5O/c1-17(2)26-23-13-20(19-8-10-29-11-9-19)6-7-24(23)31-27(26)21-12-18(3)28-30-22(16-33(28)15-21)14-25(34)32(4)5/h6-7,12-13,15-17,19,29,31H,8-11,14H2,1-5H3. The number of imidazole rings is 1. The molecule has 6 heteroatoms. The molecule has 4 aromatic rings. The molecular weight excluding hydrogens is 422 g/mol. The monoisotopic (exact) mass is 457 g/mol. The van der Waals surface area contributed by atoms with Gasteiger partial charge in [0.1, 0.15) is 5.65 Å². The summed E-state index contributed by atoms with van der Waals surface area (Å²) in [4.78, 5) is 22.3. The first-order valence-electron chi connectivity index (χ1n) is 12.4. The molecule has 3 aromatic heterocycles. The molecule has 0 bridgehead atoms. The van der Waals surface area contributed by atoms with E-state index in [2.05, 4.69) is 65.9 Å². The van der Waals surface area contributed by atoms with Crippen LogP contribution >= 0.6 is 0 Å². The minimum absolute atomic E-state index is 0.0588. The minimum atomic E-state index is 0.0588. The van der Waals surface area contributed by atoms with Crippen LogP contribution in [0.4, 0.5) is 0 Å². The van der Waals surface area contributed by atoms with Crippen molar-refractivity contribution in [1.82, 2.24) is 24.6 Å². The second-order valence-corrected chi connectivity index (χ2v) is 10.2. The van der Waals surface area contributed by atoms with E-state index in [9.17, 15) is 4.79 Å². The van der Waals surface area contributed by atoms with Gasteiger partial charge in [0.25, 0.3) is 0 Å². The summed E-state index contributed by atoms with van der Waals surface area (Å²) in [6.45, 7) is 8.85. The summed E-state index contributed by atoms with van der Waals surface area (Å²) in [5.74, 6) is 1.08. The predicted octanol–water partition coefficient (Wildman–Crippen LogP) is 5.01. The number of H-pyrrole nitrogens is 1. The smallest absolute Gasteiger partial charge is 0.228 e. The maximum atomic E-state index is 12.2. The number of aromatic amines is 1. The van der Waals surface area contributed by atoms with Gasteiger partial charge < -0.3 is 19.6 Å². The van der Waals surface area contributed by atoms with Crippen LogP contribution in [-0.2, 0) is 11.2 Å². The number of carbonyl (C=O) groups excluding carboxylic acids is 1. The van der Waals surface area contributed by atoms with E-state index in [1.54, 1.807) is 19.0 Å². The number of piperidine rings is 1. The molecule has 1 aromatic carbocycles. The highest BCUT2D eigenvalue weighted by Crippen LogP contribution is 2.38. The number of hydrogen-bond donors (Lipinski definition) is 2. The number of aryl methyl sites for hydroxylation is 1. The van der Waals surface area contributed by atoms with Crippen LogP contribution in [0.25, 0.3) is 27.8 Å². The molecule has 6 nitrogen and oxygen atoms in total. The van der Waals surface area contributed by atoms with Gasteiger partial charge in [0.05, 0.1) is 17.8 Å². The van der Waals surface area contributed by atoms with E-state index in [-0.39, 0.29) is 5.91 Å². The van der Waals surface area contributed by atoms with Crippen molar-refractivity contribution < 1.29 is 4.79 Å². The van der Waals surface area contributed by atoms with E-state index >= 15 is 0 Å². The van der Waals surface area contributed by atoms with E-state index in [0.29, 0.717) is 18.3 Å². The van der Waals surface area contributed by atoms with E-state index in [4.69, 9.17) is 4.98 Å². The number of hydrogen-bond acceptors (Lipinski definition) is 3. The Morgan fingerprint density at radius 2 is 1.94 bits per heavy atom. The van der Waals surface area contributed by atoms with E-state index in [1.807, 2.05) is 6.20 Å². The maximum absolute atomic E-state index is 12.2. The molecule has 0 atom stereocenters. The number of nitrogens with one attached hydrogen (secondary N) is 2. The fourth-order valence-corrected chi connectivity index (χ4v) is 5.32. The van der Waals surface area contributed by atoms with E-state index in [1.165, 1.54) is 40.6 Å². The van der Waals surface area contributed by atoms with Crippen LogP contribution in [0, 0.1) is 6.92 Å². The van der Waals surface area contributed by atoms with Crippen molar-refractivity contribution >= 4 is 22.5 Å². The van der Waals surface area contributed by atoms with Crippen molar-refractivity contribution in [3.05, 3.63) is 59.0 Å². The van der Waals surface area contributed by atoms with Crippen LogP contribution in [0.5, 0.6) is 0 Å². The molecule has 0 radical (unpaired) electrons. The summed E-state index contributed by atoms with van der Waals surface area (Å²) in [7, 11) is 3.56. The first kappa shape index (κ1) is 22.7. The fraction of sp³-hybridized carbons (Fsp3) is 0.429. The first-order chi connectivity index (χ1) is 16.3. The average Bonchev–Trinajstić information content (AvgIpc) is 3.40. The van der Waals surface area contributed by atoms with Gasteiger partial charge in [0, 0.05) is 43.0 Å². The third-order valence-electron chi connectivity index (χ3n) is 7.16. The number of rotatable bonds is 5. The van der Waals surface area contributed by atoms with Crippen molar-refractivity contribution in [2.45, 2.75) is 51.9 Å². The molecule has 0 unspecified atom stereocenters. The number of benzene rings is 1. The molecule has 1 aliphatic heterocycles. The zero-order valence-corrected chi connectivity index (χ0v) is 20.9. The van der Waals surface area contributed by atoms with Crippen molar-refractivity contribution in [3.63, 3.8) is 0 Å². The SMILES string of the molecule is Cc1cc(-c2[nH]c3ccc(C4CCNCC4)cc3c2C(C)C)cn2cc(CC(=O)N(C)C)nc12. The highest BCUT2D eigenvalue weighted by atomic mass is 16.2. The largest absolute Gasteiger partial charge is 0.354 e. The maximum Gasteiger partial charge on any atom is 0.228 e. The van der Waals surface area contributed by atoms with Gasteiger partial charge in [0.15, 0.2) is 0 Å². The molecule has 1 fully saturated rings. The van der Waals surface area contributed by atoms with Crippen LogP contribution < -0.4 is 5.32 Å². The van der Waals surface area contributed by atoms with Gasteiger partial charge in [-0.1, -0.05) is 19.9 Å². The van der Waals surface area contributed by atoms with E-state index in [0.717, 1.165) is 35.6 Å². The Labute approximate surface area is 201 Å². The van der Waals surface area contributed by atoms with Gasteiger partial charge in [-0.25, -0.2) is 4.98 Å². The normalized spacial score (nSPS) is 15.0. The van der Waals surface area contributed by atoms with Gasteiger partial charge in [-0.15, -0.1) is 0 Å². The van der Waals surface area contributed by atoms with Gasteiger partial charge in [0.2, 0.25) is 5.91 Å². The van der Waals surface area contributed by atoms with Gasteiger partial charge in [-0.2, -0.15) is 0 Å². The molecule has 0 aliphatic carbocycles. The molecule has 0 spiro atoms. The predicted molar refractivity (Wildman–Crippen MR) is 139 cm³/mol. The lowest BCUT2D eigenvalue weighted by molar-refractivity contribution is -0.128. The van der Waals surface area contributed by atoms with Crippen LogP contribution in [0.1, 0.15) is 60.9 Å². The van der Waals surface area contributed by atoms with E-state index < -0.39 is 0 Å². The molecule has 2 N–H and O–H groups in total. The van der Waals surface area contributed by atoms with Crippen LogP contribution in [-0.4, -0.2) is 52.4 Å². The molecule has 5 rings (SSSR count). The molecule has 1 amide bonds. The number of pyridine rings is 1. The summed E-state index contributed by atoms with van der Waals surface area (Å²) in [5, 5.41) is 4.81. The Kier molecular flexibility index (Phi) is 5.94. The van der Waals surface area contributed by atoms with Crippen molar-refractivity contribution in [2.24, 2.45) is 0 Å². The zero-order valence-electron chi connectivity index (χ0n) is 20.9. The Balaban J connectivity index is 1.59. The number of fused-ring (bicyclic) bond motifs is 2. The summed E-state index contributed by atoms with van der Waals surface area (Å²) < 4.78 is 2.07. The number of likely N-dealkylation sites (N-methyl/N-ethyl adjacent to an activating group) is 1. The number of nitrogens with zero attached hydrogens (tertiary/aromatic N) is 3. The molecule has 4 heterocycles. The third kappa shape index (κ3) is 4.11. The molecule has 0 saturated carbocycles. The summed E-state index contributed by atoms with van der Waals surface area (Å²) in [6, 6.07) is 9.20. The summed E-state index contributed by atoms with van der Waals surface area (Å²) >= 11 is 0. The Bertz CT molecular complexity index is 1350. The van der Waals surface area contributed by atoms with Crippen molar-refractivity contribution in [1.29, 1.82) is 0 Å². The summed E-state index contributed by atoms with van der Waals surface area (Å²) in [6.07, 6.45) is 6.85. The average molecular weight is 458 g/mol. The Morgan fingerprint density at radius 3 is 2.65 bits per heavy atom. The van der Waals surface area contributed by atoms with Crippen LogP contribution in [0.3, 0.4) is 0 Å². The zero-order chi connectivity index (χ0) is 24.0. The highest BCUT2D eigenvalue weighted by Gasteiger charge is 2.21. The van der Waals surface area contributed by atoms with Gasteiger partial charge >= 0.3 is 0 Å². The van der Waals surface area contributed by atoms with Crippen molar-refractivity contribution in [3.8, 4) is 11.3 Å². The van der Waals surface area contributed by atoms with Crippen molar-refractivity contribution in [2.75, 3.05) is 27.2 Å². The van der Waals surface area contributed by atoms with Crippen LogP contribution in [0.2, 0.25) is 0 Å². The Hall–Kier alpha value is -3.12. The molecule has 1 aliphatic rings. The molecular formula is C28H35N5O. The second-order valence-electron chi connectivity index (χ2n) is 10.2. The number of amides is 1. The van der Waals surface area contributed by atoms with Gasteiger partial charge in [-0.05, 0) is 79.6 Å². The molecule has 1 saturated heterocycles. The second kappa shape index (κ2) is 8.91. The fourth-order valence-electron chi connectivity index (χ4n) is 5.32. The lowest BCUT2D eigenvalue weighted by Gasteiger charge is -2.23. The highest BCUT2D eigenvalue weighted by molar-refractivity contribution is 5.92. The third-order valence-corrected chi connectivity index (χ3v) is 7.16. The first-order valence-corrected chi connectivity index (χ1v) is 12.4. The number of aromatic nitrogens is 3. The number of carbonyl (C=O) groups is 1. The Morgan fingerprint density at radius 1 is 1.18 bits per heavy atom. The topological polar surface area (TPSA) is 65.4 Å². The lowest BCUT2D eigenvalue weighted by Crippen LogP contribution is -2.26. The summed E-state index contributed by atoms with van der Waals surface area (Å²) in [5.41, 5.74) is 9.15. The lowest BCUT2D eigenvalue weighted by atomic mass is 9.88. The van der Waals surface area contributed by atoms with Gasteiger partial charge in [-0.3, -0.25) is 4.79 Å². The van der Waals surface area contributed by atoms with Crippen LogP contribution in [0.15, 0.2) is 36.7 Å². The quantitative estimate of drug-likeness (QED) is 0.443. The molecule has 34 heavy (non-hydrogen) atoms.